The summed E-state index contributed by atoms with van der Waals surface area (Å²) in [6, 6.07) is 10.4. The lowest BCUT2D eigenvalue weighted by Crippen LogP contribution is -2.16. The number of ketones is 1. The van der Waals surface area contributed by atoms with Crippen molar-refractivity contribution in [2.45, 2.75) is 26.8 Å². The Kier molecular flexibility index (Phi) is 4.53. The number of rotatable bonds is 4. The lowest BCUT2D eigenvalue weighted by atomic mass is 10.1. The van der Waals surface area contributed by atoms with Gasteiger partial charge in [-0.15, -0.1) is 0 Å². The third-order valence-corrected chi connectivity index (χ3v) is 5.40. The topological polar surface area (TPSA) is 69.9 Å². The molecule has 1 aromatic heterocycles. The van der Waals surface area contributed by atoms with Crippen LogP contribution in [0.25, 0.3) is 10.2 Å². The van der Waals surface area contributed by atoms with Crippen molar-refractivity contribution in [3.8, 4) is 11.5 Å². The van der Waals surface area contributed by atoms with Crippen molar-refractivity contribution in [2.75, 3.05) is 6.79 Å². The molecule has 27 heavy (non-hydrogen) atoms. The van der Waals surface area contributed by atoms with E-state index in [2.05, 4.69) is 11.9 Å². The average molecular weight is 382 g/mol. The molecule has 0 unspecified atom stereocenters. The van der Waals surface area contributed by atoms with Gasteiger partial charge in [-0.2, -0.15) is 4.99 Å². The molecule has 1 aliphatic rings. The molecule has 0 radical (unpaired) electrons. The molecular formula is C20H18N2O4S. The van der Waals surface area contributed by atoms with Gasteiger partial charge in [-0.25, -0.2) is 0 Å². The van der Waals surface area contributed by atoms with Crippen LogP contribution in [0.5, 0.6) is 11.5 Å². The fourth-order valence-electron chi connectivity index (χ4n) is 2.98. The molecule has 0 spiro atoms. The first-order chi connectivity index (χ1) is 13.1. The molecule has 0 fully saturated rings. The van der Waals surface area contributed by atoms with Crippen molar-refractivity contribution < 1.29 is 19.1 Å². The summed E-state index contributed by atoms with van der Waals surface area (Å²) in [6.45, 7) is 4.55. The fourth-order valence-corrected chi connectivity index (χ4v) is 4.05. The minimum absolute atomic E-state index is 0.0336. The summed E-state index contributed by atoms with van der Waals surface area (Å²) >= 11 is 1.45. The largest absolute Gasteiger partial charge is 0.454 e. The minimum atomic E-state index is -0.332. The predicted octanol–water partition coefficient (Wildman–Crippen LogP) is 3.79. The number of ether oxygens (including phenoxy) is 2. The quantitative estimate of drug-likeness (QED) is 0.644. The first kappa shape index (κ1) is 17.5. The molecule has 0 bridgehead atoms. The Morgan fingerprint density at radius 2 is 1.78 bits per heavy atom. The molecule has 0 N–H and O–H groups in total. The van der Waals surface area contributed by atoms with Gasteiger partial charge in [0.1, 0.15) is 0 Å². The van der Waals surface area contributed by atoms with Gasteiger partial charge in [-0.1, -0.05) is 30.4 Å². The molecule has 6 nitrogen and oxygen atoms in total. The second-order valence-corrected chi connectivity index (χ2v) is 7.27. The summed E-state index contributed by atoms with van der Waals surface area (Å²) in [7, 11) is 0. The van der Waals surface area contributed by atoms with Crippen LogP contribution in [0.2, 0.25) is 0 Å². The number of Topliss-reactive ketones (excluding diaryl/α,β-unsaturated/α-hetero) is 1. The Labute approximate surface area is 159 Å². The Bertz CT molecular complexity index is 1110. The predicted molar refractivity (Wildman–Crippen MR) is 103 cm³/mol. The molecule has 7 heteroatoms. The van der Waals surface area contributed by atoms with E-state index in [1.165, 1.54) is 18.3 Å². The number of benzene rings is 2. The van der Waals surface area contributed by atoms with Crippen LogP contribution >= 0.6 is 11.3 Å². The smallest absolute Gasteiger partial charge is 0.279 e. The first-order valence-corrected chi connectivity index (χ1v) is 9.51. The molecule has 1 aliphatic heterocycles. The molecule has 138 valence electrons. The number of amides is 1. The number of hydrogen-bond donors (Lipinski definition) is 0. The van der Waals surface area contributed by atoms with E-state index in [0.717, 1.165) is 23.2 Å². The molecule has 4 rings (SSSR count). The average Bonchev–Trinajstić information content (AvgIpc) is 3.24. The summed E-state index contributed by atoms with van der Waals surface area (Å²) < 4.78 is 13.9. The van der Waals surface area contributed by atoms with Crippen LogP contribution in [0.3, 0.4) is 0 Å². The highest BCUT2D eigenvalue weighted by atomic mass is 32.1. The number of fused-ring (bicyclic) bond motifs is 2. The number of aryl methyl sites for hydroxylation is 1. The van der Waals surface area contributed by atoms with E-state index < -0.39 is 0 Å². The standard InChI is InChI=1S/C20H18N2O4S/c1-3-8-22-15-9-16-17(26-11-25-16)10-18(15)27-20(22)21-19(24)14-6-4-13(5-7-14)12(2)23/h4-7,9-10H,3,8,11H2,1-2H3. The highest BCUT2D eigenvalue weighted by Crippen LogP contribution is 2.37. The van der Waals surface area contributed by atoms with Crippen molar-refractivity contribution in [1.29, 1.82) is 0 Å². The van der Waals surface area contributed by atoms with Crippen LogP contribution in [0, 0.1) is 0 Å². The second kappa shape index (κ2) is 7.00. The van der Waals surface area contributed by atoms with Gasteiger partial charge in [0.05, 0.1) is 10.2 Å². The molecule has 0 saturated heterocycles. The Morgan fingerprint density at radius 3 is 2.44 bits per heavy atom. The highest BCUT2D eigenvalue weighted by molar-refractivity contribution is 7.16. The van der Waals surface area contributed by atoms with E-state index in [4.69, 9.17) is 9.47 Å². The van der Waals surface area contributed by atoms with Crippen molar-refractivity contribution in [3.63, 3.8) is 0 Å². The molecular weight excluding hydrogens is 364 g/mol. The van der Waals surface area contributed by atoms with Crippen molar-refractivity contribution in [2.24, 2.45) is 4.99 Å². The Morgan fingerprint density at radius 1 is 1.11 bits per heavy atom. The van der Waals surface area contributed by atoms with Crippen LogP contribution in [-0.2, 0) is 6.54 Å². The fraction of sp³-hybridized carbons (Fsp3) is 0.250. The van der Waals surface area contributed by atoms with Crippen LogP contribution in [0.4, 0.5) is 0 Å². The monoisotopic (exact) mass is 382 g/mol. The summed E-state index contributed by atoms with van der Waals surface area (Å²) in [4.78, 5) is 29.0. The summed E-state index contributed by atoms with van der Waals surface area (Å²) in [5, 5.41) is 0. The number of carbonyl (C=O) groups excluding carboxylic acids is 2. The molecule has 3 aromatic rings. The zero-order valence-corrected chi connectivity index (χ0v) is 15.8. The van der Waals surface area contributed by atoms with Crippen LogP contribution < -0.4 is 14.3 Å². The van der Waals surface area contributed by atoms with E-state index in [0.29, 0.717) is 27.4 Å². The first-order valence-electron chi connectivity index (χ1n) is 8.70. The lowest BCUT2D eigenvalue weighted by Gasteiger charge is -2.03. The minimum Gasteiger partial charge on any atom is -0.454 e. The van der Waals surface area contributed by atoms with Crippen LogP contribution in [0.1, 0.15) is 41.0 Å². The van der Waals surface area contributed by atoms with Crippen molar-refractivity contribution in [3.05, 3.63) is 52.3 Å². The van der Waals surface area contributed by atoms with E-state index in [9.17, 15) is 9.59 Å². The molecule has 2 aromatic carbocycles. The summed E-state index contributed by atoms with van der Waals surface area (Å²) in [5.41, 5.74) is 2.00. The maximum absolute atomic E-state index is 12.6. The number of aromatic nitrogens is 1. The normalized spacial score (nSPS) is 13.3. The van der Waals surface area contributed by atoms with Gasteiger partial charge in [0.25, 0.3) is 5.91 Å². The second-order valence-electron chi connectivity index (χ2n) is 6.26. The van der Waals surface area contributed by atoms with Gasteiger partial charge in [-0.3, -0.25) is 9.59 Å². The third-order valence-electron chi connectivity index (χ3n) is 4.36. The Hall–Kier alpha value is -2.93. The van der Waals surface area contributed by atoms with Crippen LogP contribution in [-0.4, -0.2) is 23.1 Å². The molecule has 0 saturated carbocycles. The molecule has 1 amide bonds. The van der Waals surface area contributed by atoms with Crippen molar-refractivity contribution >= 4 is 33.2 Å². The van der Waals surface area contributed by atoms with E-state index >= 15 is 0 Å². The Balaban J connectivity index is 1.78. The highest BCUT2D eigenvalue weighted by Gasteiger charge is 2.18. The van der Waals surface area contributed by atoms with E-state index in [1.807, 2.05) is 16.7 Å². The zero-order chi connectivity index (χ0) is 19.0. The van der Waals surface area contributed by atoms with Gasteiger partial charge in [0.15, 0.2) is 22.1 Å². The van der Waals surface area contributed by atoms with Crippen LogP contribution in [0.15, 0.2) is 41.4 Å². The third kappa shape index (κ3) is 3.26. The van der Waals surface area contributed by atoms with Gasteiger partial charge in [0, 0.05) is 29.8 Å². The number of thiazole rings is 1. The maximum Gasteiger partial charge on any atom is 0.279 e. The number of nitrogens with zero attached hydrogens (tertiary/aromatic N) is 2. The van der Waals surface area contributed by atoms with Gasteiger partial charge in [0.2, 0.25) is 6.79 Å². The van der Waals surface area contributed by atoms with E-state index in [-0.39, 0.29) is 18.5 Å². The summed E-state index contributed by atoms with van der Waals surface area (Å²) in [6.07, 6.45) is 0.912. The number of hydrogen-bond acceptors (Lipinski definition) is 5. The molecule has 2 heterocycles. The summed E-state index contributed by atoms with van der Waals surface area (Å²) in [5.74, 6) is 1.06. The lowest BCUT2D eigenvalue weighted by molar-refractivity contribution is 0.0991. The molecule has 0 atom stereocenters. The van der Waals surface area contributed by atoms with Gasteiger partial charge < -0.3 is 14.0 Å². The zero-order valence-electron chi connectivity index (χ0n) is 15.0. The van der Waals surface area contributed by atoms with Gasteiger partial charge >= 0.3 is 0 Å². The van der Waals surface area contributed by atoms with Gasteiger partial charge in [-0.05, 0) is 25.5 Å². The molecule has 0 aliphatic carbocycles. The number of carbonyl (C=O) groups is 2. The van der Waals surface area contributed by atoms with Crippen molar-refractivity contribution in [1.82, 2.24) is 4.57 Å². The SMILES string of the molecule is CCCn1c(=NC(=O)c2ccc(C(C)=O)cc2)sc2cc3c(cc21)OCO3. The van der Waals surface area contributed by atoms with E-state index in [1.54, 1.807) is 24.3 Å². The maximum atomic E-state index is 12.6.